The molecule has 0 bridgehead atoms. The van der Waals surface area contributed by atoms with Crippen molar-refractivity contribution in [1.82, 2.24) is 10.3 Å². The molecule has 1 N–H and O–H groups in total. The van der Waals surface area contributed by atoms with Gasteiger partial charge >= 0.3 is 0 Å². The monoisotopic (exact) mass is 352 g/mol. The molecule has 0 atom stereocenters. The van der Waals surface area contributed by atoms with E-state index < -0.39 is 0 Å². The number of hydrogen-bond acceptors (Lipinski definition) is 3. The van der Waals surface area contributed by atoms with Gasteiger partial charge < -0.3 is 10.1 Å². The highest BCUT2D eigenvalue weighted by Gasteiger charge is 2.03. The first kappa shape index (κ1) is 15.9. The van der Waals surface area contributed by atoms with Gasteiger partial charge in [-0.1, -0.05) is 6.92 Å². The maximum atomic E-state index is 13.6. The van der Waals surface area contributed by atoms with Crippen LogP contribution in [0, 0.1) is 5.82 Å². The summed E-state index contributed by atoms with van der Waals surface area (Å²) in [5, 5.41) is 3.25. The molecule has 0 saturated heterocycles. The summed E-state index contributed by atoms with van der Waals surface area (Å²) >= 11 is 3.36. The Morgan fingerprint density at radius 2 is 2.05 bits per heavy atom. The number of halogens is 2. The molecule has 1 aromatic heterocycles. The zero-order valence-corrected chi connectivity index (χ0v) is 13.5. The fraction of sp³-hybridized carbons (Fsp3) is 0.312. The zero-order valence-electron chi connectivity index (χ0n) is 11.9. The molecule has 0 fully saturated rings. The molecular weight excluding hydrogens is 335 g/mol. The van der Waals surface area contributed by atoms with E-state index in [2.05, 4.69) is 33.2 Å². The van der Waals surface area contributed by atoms with E-state index in [1.54, 1.807) is 12.4 Å². The summed E-state index contributed by atoms with van der Waals surface area (Å²) in [6.45, 7) is 4.01. The summed E-state index contributed by atoms with van der Waals surface area (Å²) in [4.78, 5) is 4.07. The number of aromatic nitrogens is 1. The van der Waals surface area contributed by atoms with E-state index in [0.29, 0.717) is 18.9 Å². The molecule has 0 aliphatic rings. The van der Waals surface area contributed by atoms with Gasteiger partial charge in [0.05, 0.1) is 0 Å². The summed E-state index contributed by atoms with van der Waals surface area (Å²) in [5.74, 6) is 0.247. The SMILES string of the molecule is CCCNCc1cc(F)cc(OCc2cncc(Br)c2)c1. The third-order valence-corrected chi connectivity index (χ3v) is 3.29. The Balaban J connectivity index is 1.99. The fourth-order valence-electron chi connectivity index (χ4n) is 1.92. The highest BCUT2D eigenvalue weighted by molar-refractivity contribution is 9.10. The average molecular weight is 353 g/mol. The second kappa shape index (κ2) is 8.10. The van der Waals surface area contributed by atoms with Crippen LogP contribution in [0.3, 0.4) is 0 Å². The Hall–Kier alpha value is -1.46. The first-order valence-corrected chi connectivity index (χ1v) is 7.69. The predicted molar refractivity (Wildman–Crippen MR) is 84.7 cm³/mol. The highest BCUT2D eigenvalue weighted by Crippen LogP contribution is 2.18. The second-order valence-electron chi connectivity index (χ2n) is 4.77. The van der Waals surface area contributed by atoms with Gasteiger partial charge in [-0.3, -0.25) is 4.98 Å². The normalized spacial score (nSPS) is 10.6. The van der Waals surface area contributed by atoms with E-state index in [1.807, 2.05) is 12.1 Å². The molecule has 21 heavy (non-hydrogen) atoms. The molecule has 0 aliphatic carbocycles. The van der Waals surface area contributed by atoms with Crippen LogP contribution < -0.4 is 10.1 Å². The Kier molecular flexibility index (Phi) is 6.14. The molecule has 0 spiro atoms. The number of hydrogen-bond donors (Lipinski definition) is 1. The van der Waals surface area contributed by atoms with Crippen LogP contribution in [0.4, 0.5) is 4.39 Å². The molecule has 5 heteroatoms. The van der Waals surface area contributed by atoms with Crippen LogP contribution in [0.2, 0.25) is 0 Å². The van der Waals surface area contributed by atoms with E-state index in [-0.39, 0.29) is 5.82 Å². The molecule has 1 aromatic carbocycles. The van der Waals surface area contributed by atoms with Crippen LogP contribution in [-0.4, -0.2) is 11.5 Å². The third-order valence-electron chi connectivity index (χ3n) is 2.85. The highest BCUT2D eigenvalue weighted by atomic mass is 79.9. The molecule has 2 rings (SSSR count). The molecule has 0 unspecified atom stereocenters. The lowest BCUT2D eigenvalue weighted by atomic mass is 10.2. The first-order chi connectivity index (χ1) is 10.2. The maximum absolute atomic E-state index is 13.6. The molecule has 3 nitrogen and oxygen atoms in total. The number of ether oxygens (including phenoxy) is 1. The lowest BCUT2D eigenvalue weighted by molar-refractivity contribution is 0.303. The first-order valence-electron chi connectivity index (χ1n) is 6.90. The van der Waals surface area contributed by atoms with Gasteiger partial charge in [0.1, 0.15) is 18.2 Å². The maximum Gasteiger partial charge on any atom is 0.127 e. The largest absolute Gasteiger partial charge is 0.489 e. The summed E-state index contributed by atoms with van der Waals surface area (Å²) < 4.78 is 20.1. The van der Waals surface area contributed by atoms with Crippen LogP contribution in [0.25, 0.3) is 0 Å². The van der Waals surface area contributed by atoms with Crippen molar-refractivity contribution in [3.8, 4) is 5.75 Å². The van der Waals surface area contributed by atoms with E-state index in [9.17, 15) is 4.39 Å². The van der Waals surface area contributed by atoms with Gasteiger partial charge in [-0.2, -0.15) is 0 Å². The van der Waals surface area contributed by atoms with Crippen molar-refractivity contribution in [2.45, 2.75) is 26.5 Å². The molecule has 112 valence electrons. The van der Waals surface area contributed by atoms with Crippen molar-refractivity contribution >= 4 is 15.9 Å². The number of benzene rings is 1. The van der Waals surface area contributed by atoms with Crippen molar-refractivity contribution in [3.63, 3.8) is 0 Å². The second-order valence-corrected chi connectivity index (χ2v) is 5.69. The van der Waals surface area contributed by atoms with Crippen LogP contribution in [-0.2, 0) is 13.2 Å². The van der Waals surface area contributed by atoms with Crippen LogP contribution in [0.15, 0.2) is 41.1 Å². The minimum Gasteiger partial charge on any atom is -0.489 e. The summed E-state index contributed by atoms with van der Waals surface area (Å²) in [6, 6.07) is 6.71. The van der Waals surface area contributed by atoms with Gasteiger partial charge in [-0.15, -0.1) is 0 Å². The molecular formula is C16H18BrFN2O. The van der Waals surface area contributed by atoms with Gasteiger partial charge in [-0.25, -0.2) is 4.39 Å². The van der Waals surface area contributed by atoms with Gasteiger partial charge in [-0.05, 0) is 52.7 Å². The van der Waals surface area contributed by atoms with Crippen molar-refractivity contribution < 1.29 is 9.13 Å². The summed E-state index contributed by atoms with van der Waals surface area (Å²) in [5.41, 5.74) is 1.81. The Morgan fingerprint density at radius 1 is 1.19 bits per heavy atom. The van der Waals surface area contributed by atoms with Gasteiger partial charge in [0.15, 0.2) is 0 Å². The Bertz CT molecular complexity index is 592. The van der Waals surface area contributed by atoms with Crippen molar-refractivity contribution in [3.05, 3.63) is 58.1 Å². The standard InChI is InChI=1S/C16H18BrFN2O/c1-2-3-19-8-12-5-15(18)7-16(6-12)21-11-13-4-14(17)10-20-9-13/h4-7,9-10,19H,2-3,8,11H2,1H3. The quantitative estimate of drug-likeness (QED) is 0.763. The van der Waals surface area contributed by atoms with Crippen LogP contribution in [0.1, 0.15) is 24.5 Å². The van der Waals surface area contributed by atoms with E-state index >= 15 is 0 Å². The number of rotatable bonds is 7. The molecule has 1 heterocycles. The minimum absolute atomic E-state index is 0.284. The molecule has 0 radical (unpaired) electrons. The third kappa shape index (κ3) is 5.44. The van der Waals surface area contributed by atoms with E-state index in [1.165, 1.54) is 12.1 Å². The summed E-state index contributed by atoms with van der Waals surface area (Å²) in [6.07, 6.45) is 4.49. The number of nitrogens with one attached hydrogen (secondary N) is 1. The van der Waals surface area contributed by atoms with Gasteiger partial charge in [0.25, 0.3) is 0 Å². The summed E-state index contributed by atoms with van der Waals surface area (Å²) in [7, 11) is 0. The Labute approximate surface area is 132 Å². The minimum atomic E-state index is -0.284. The van der Waals surface area contributed by atoms with Crippen molar-refractivity contribution in [2.75, 3.05) is 6.54 Å². The van der Waals surface area contributed by atoms with Crippen molar-refractivity contribution in [2.24, 2.45) is 0 Å². The number of nitrogens with zero attached hydrogens (tertiary/aromatic N) is 1. The predicted octanol–water partition coefficient (Wildman–Crippen LogP) is 4.06. The van der Waals surface area contributed by atoms with Crippen LogP contribution >= 0.6 is 15.9 Å². The topological polar surface area (TPSA) is 34.1 Å². The molecule has 0 saturated carbocycles. The molecule has 2 aromatic rings. The Morgan fingerprint density at radius 3 is 2.81 bits per heavy atom. The molecule has 0 amide bonds. The lowest BCUT2D eigenvalue weighted by Crippen LogP contribution is -2.14. The van der Waals surface area contributed by atoms with Crippen LogP contribution in [0.5, 0.6) is 5.75 Å². The fourth-order valence-corrected chi connectivity index (χ4v) is 2.33. The van der Waals surface area contributed by atoms with E-state index in [0.717, 1.165) is 28.6 Å². The van der Waals surface area contributed by atoms with E-state index in [4.69, 9.17) is 4.74 Å². The van der Waals surface area contributed by atoms with Crippen molar-refractivity contribution in [1.29, 1.82) is 0 Å². The van der Waals surface area contributed by atoms with Gasteiger partial charge in [0.2, 0.25) is 0 Å². The molecule has 0 aliphatic heterocycles. The average Bonchev–Trinajstić information content (AvgIpc) is 2.45. The van der Waals surface area contributed by atoms with Gasteiger partial charge in [0, 0.05) is 35.0 Å². The lowest BCUT2D eigenvalue weighted by Gasteiger charge is -2.09. The zero-order chi connectivity index (χ0) is 15.1. The smallest absolute Gasteiger partial charge is 0.127 e. The number of pyridine rings is 1.